The van der Waals surface area contributed by atoms with Gasteiger partial charge in [0.1, 0.15) is 0 Å². The molecule has 0 spiro atoms. The summed E-state index contributed by atoms with van der Waals surface area (Å²) in [7, 11) is 0. The Morgan fingerprint density at radius 2 is 1.65 bits per heavy atom. The van der Waals surface area contributed by atoms with Crippen molar-refractivity contribution in [2.75, 3.05) is 32.7 Å². The molecular formula is C24H32N2. The molecule has 1 aliphatic rings. The van der Waals surface area contributed by atoms with E-state index in [1.807, 2.05) is 0 Å². The first kappa shape index (κ1) is 18.9. The van der Waals surface area contributed by atoms with Crippen LogP contribution in [-0.4, -0.2) is 37.6 Å². The quantitative estimate of drug-likeness (QED) is 0.679. The van der Waals surface area contributed by atoms with Gasteiger partial charge in [-0.25, -0.2) is 0 Å². The molecule has 2 nitrogen and oxygen atoms in total. The summed E-state index contributed by atoms with van der Waals surface area (Å²) < 4.78 is 0. The minimum absolute atomic E-state index is 0.761. The monoisotopic (exact) mass is 348 g/mol. The first-order valence-electron chi connectivity index (χ1n) is 10.0. The molecule has 138 valence electrons. The van der Waals surface area contributed by atoms with E-state index in [9.17, 15) is 0 Å². The Bertz CT molecular complexity index is 655. The van der Waals surface area contributed by atoms with Crippen molar-refractivity contribution in [3.05, 3.63) is 77.4 Å². The van der Waals surface area contributed by atoms with Gasteiger partial charge < -0.3 is 10.2 Å². The number of rotatable bonds is 8. The lowest BCUT2D eigenvalue weighted by molar-refractivity contribution is 0.210. The summed E-state index contributed by atoms with van der Waals surface area (Å²) >= 11 is 0. The molecule has 1 N–H and O–H groups in total. The summed E-state index contributed by atoms with van der Waals surface area (Å²) in [5.74, 6) is 0.761. The Morgan fingerprint density at radius 1 is 1.00 bits per heavy atom. The number of nitrogens with zero attached hydrogens (tertiary/aromatic N) is 1. The fourth-order valence-corrected chi connectivity index (χ4v) is 3.81. The average Bonchev–Trinajstić information content (AvgIpc) is 2.70. The van der Waals surface area contributed by atoms with E-state index in [-0.39, 0.29) is 0 Å². The maximum absolute atomic E-state index is 3.58. The maximum Gasteiger partial charge on any atom is 0.0165 e. The van der Waals surface area contributed by atoms with Gasteiger partial charge in [-0.2, -0.15) is 0 Å². The number of benzene rings is 2. The Labute approximate surface area is 158 Å². The van der Waals surface area contributed by atoms with E-state index < -0.39 is 0 Å². The molecule has 0 aromatic heterocycles. The van der Waals surface area contributed by atoms with Crippen LogP contribution in [0.5, 0.6) is 0 Å². The lowest BCUT2D eigenvalue weighted by atomic mass is 9.89. The SMILES string of the molecule is C/C(=C\c1ccccc1)CNCCCN1CCC(c2ccccc2)CC1. The van der Waals surface area contributed by atoms with Gasteiger partial charge in [0, 0.05) is 6.54 Å². The lowest BCUT2D eigenvalue weighted by Crippen LogP contribution is -2.35. The third-order valence-electron chi connectivity index (χ3n) is 5.30. The summed E-state index contributed by atoms with van der Waals surface area (Å²) in [6.45, 7) is 7.98. The smallest absolute Gasteiger partial charge is 0.0165 e. The predicted molar refractivity (Wildman–Crippen MR) is 112 cm³/mol. The highest BCUT2D eigenvalue weighted by Gasteiger charge is 2.19. The highest BCUT2D eigenvalue weighted by Crippen LogP contribution is 2.27. The van der Waals surface area contributed by atoms with Gasteiger partial charge in [0.15, 0.2) is 0 Å². The van der Waals surface area contributed by atoms with Gasteiger partial charge >= 0.3 is 0 Å². The van der Waals surface area contributed by atoms with Crippen molar-refractivity contribution in [1.82, 2.24) is 10.2 Å². The zero-order valence-corrected chi connectivity index (χ0v) is 16.0. The Hall–Kier alpha value is -1.90. The van der Waals surface area contributed by atoms with Gasteiger partial charge in [-0.15, -0.1) is 0 Å². The van der Waals surface area contributed by atoms with Crippen molar-refractivity contribution in [2.24, 2.45) is 0 Å². The fourth-order valence-electron chi connectivity index (χ4n) is 3.81. The zero-order chi connectivity index (χ0) is 18.0. The van der Waals surface area contributed by atoms with E-state index in [0.717, 1.165) is 19.0 Å². The molecule has 1 saturated heterocycles. The minimum atomic E-state index is 0.761. The van der Waals surface area contributed by atoms with Crippen molar-refractivity contribution in [2.45, 2.75) is 32.1 Å². The zero-order valence-electron chi connectivity index (χ0n) is 16.0. The first-order chi connectivity index (χ1) is 12.8. The van der Waals surface area contributed by atoms with E-state index in [0.29, 0.717) is 0 Å². The fraction of sp³-hybridized carbons (Fsp3) is 0.417. The summed E-state index contributed by atoms with van der Waals surface area (Å²) in [5, 5.41) is 3.58. The van der Waals surface area contributed by atoms with E-state index >= 15 is 0 Å². The molecule has 0 bridgehead atoms. The summed E-state index contributed by atoms with van der Waals surface area (Å²) in [6, 6.07) is 21.6. The van der Waals surface area contributed by atoms with Gasteiger partial charge in [-0.05, 0) is 69.4 Å². The number of piperidine rings is 1. The molecule has 1 aliphatic heterocycles. The standard InChI is InChI=1S/C24H32N2/c1-21(19-22-9-4-2-5-10-22)20-25-15-8-16-26-17-13-24(14-18-26)23-11-6-3-7-12-23/h2-7,9-12,19,24-25H,8,13-18,20H2,1H3/b21-19+. The highest BCUT2D eigenvalue weighted by molar-refractivity contribution is 5.52. The number of likely N-dealkylation sites (tertiary alicyclic amines) is 1. The van der Waals surface area contributed by atoms with Crippen LogP contribution < -0.4 is 5.32 Å². The highest BCUT2D eigenvalue weighted by atomic mass is 15.1. The lowest BCUT2D eigenvalue weighted by Gasteiger charge is -2.32. The van der Waals surface area contributed by atoms with E-state index in [1.165, 1.54) is 55.6 Å². The molecule has 1 heterocycles. The van der Waals surface area contributed by atoms with E-state index in [4.69, 9.17) is 0 Å². The van der Waals surface area contributed by atoms with Gasteiger partial charge in [0.2, 0.25) is 0 Å². The molecule has 0 aliphatic carbocycles. The number of hydrogen-bond acceptors (Lipinski definition) is 2. The second-order valence-electron chi connectivity index (χ2n) is 7.46. The largest absolute Gasteiger partial charge is 0.313 e. The normalized spacial score (nSPS) is 16.7. The van der Waals surface area contributed by atoms with Gasteiger partial charge in [0.25, 0.3) is 0 Å². The molecule has 2 aromatic rings. The van der Waals surface area contributed by atoms with Gasteiger partial charge in [0.05, 0.1) is 0 Å². The molecule has 0 atom stereocenters. The van der Waals surface area contributed by atoms with Crippen LogP contribution in [0.25, 0.3) is 6.08 Å². The molecular weight excluding hydrogens is 316 g/mol. The van der Waals surface area contributed by atoms with Crippen LogP contribution in [0.4, 0.5) is 0 Å². The molecule has 1 fully saturated rings. The van der Waals surface area contributed by atoms with Gasteiger partial charge in [-0.1, -0.05) is 72.3 Å². The Morgan fingerprint density at radius 3 is 2.35 bits per heavy atom. The van der Waals surface area contributed by atoms with Crippen molar-refractivity contribution in [1.29, 1.82) is 0 Å². The molecule has 26 heavy (non-hydrogen) atoms. The van der Waals surface area contributed by atoms with Crippen molar-refractivity contribution >= 4 is 6.08 Å². The number of hydrogen-bond donors (Lipinski definition) is 1. The Balaban J connectivity index is 1.28. The summed E-state index contributed by atoms with van der Waals surface area (Å²) in [6.07, 6.45) is 6.10. The molecule has 0 radical (unpaired) electrons. The van der Waals surface area contributed by atoms with Crippen LogP contribution in [0, 0.1) is 0 Å². The van der Waals surface area contributed by atoms with Crippen LogP contribution in [0.15, 0.2) is 66.2 Å². The predicted octanol–water partition coefficient (Wildman–Crippen LogP) is 4.95. The molecule has 2 aromatic carbocycles. The van der Waals surface area contributed by atoms with Crippen molar-refractivity contribution in [3.8, 4) is 0 Å². The second-order valence-corrected chi connectivity index (χ2v) is 7.46. The third kappa shape index (κ3) is 6.12. The molecule has 0 amide bonds. The number of nitrogens with one attached hydrogen (secondary N) is 1. The first-order valence-corrected chi connectivity index (χ1v) is 10.0. The topological polar surface area (TPSA) is 15.3 Å². The van der Waals surface area contributed by atoms with E-state index in [2.05, 4.69) is 83.9 Å². The second kappa shape index (κ2) is 10.3. The van der Waals surface area contributed by atoms with Crippen LogP contribution in [0.1, 0.15) is 43.2 Å². The van der Waals surface area contributed by atoms with Crippen molar-refractivity contribution < 1.29 is 0 Å². The maximum atomic E-state index is 3.58. The molecule has 2 heteroatoms. The van der Waals surface area contributed by atoms with Gasteiger partial charge in [-0.3, -0.25) is 0 Å². The summed E-state index contributed by atoms with van der Waals surface area (Å²) in [4.78, 5) is 2.63. The molecule has 3 rings (SSSR count). The van der Waals surface area contributed by atoms with Crippen LogP contribution >= 0.6 is 0 Å². The minimum Gasteiger partial charge on any atom is -0.313 e. The Kier molecular flexibility index (Phi) is 7.48. The van der Waals surface area contributed by atoms with Crippen LogP contribution in [0.3, 0.4) is 0 Å². The average molecular weight is 349 g/mol. The summed E-state index contributed by atoms with van der Waals surface area (Å²) in [5.41, 5.74) is 4.20. The third-order valence-corrected chi connectivity index (χ3v) is 5.30. The molecule has 0 saturated carbocycles. The van der Waals surface area contributed by atoms with Crippen LogP contribution in [-0.2, 0) is 0 Å². The molecule has 0 unspecified atom stereocenters. The van der Waals surface area contributed by atoms with Crippen molar-refractivity contribution in [3.63, 3.8) is 0 Å². The van der Waals surface area contributed by atoms with E-state index in [1.54, 1.807) is 0 Å². The van der Waals surface area contributed by atoms with Crippen LogP contribution in [0.2, 0.25) is 0 Å².